The van der Waals surface area contributed by atoms with Crippen LogP contribution in [0.5, 0.6) is 5.75 Å². The zero-order chi connectivity index (χ0) is 20.6. The van der Waals surface area contributed by atoms with Crippen molar-refractivity contribution in [3.05, 3.63) is 59.7 Å². The number of ether oxygens (including phenoxy) is 2. The molecule has 156 valence electrons. The molecule has 3 rings (SSSR count). The van der Waals surface area contributed by atoms with Crippen LogP contribution in [0.15, 0.2) is 48.5 Å². The first-order chi connectivity index (χ1) is 14.0. The normalized spacial score (nSPS) is 15.9. The van der Waals surface area contributed by atoms with Gasteiger partial charge in [-0.1, -0.05) is 24.3 Å². The topological polar surface area (TPSA) is 42.0 Å². The highest BCUT2D eigenvalue weighted by atomic mass is 16.5. The Labute approximate surface area is 174 Å². The highest BCUT2D eigenvalue weighted by molar-refractivity contribution is 5.76. The molecule has 0 radical (unpaired) electrons. The summed E-state index contributed by atoms with van der Waals surface area (Å²) in [4.78, 5) is 17.1. The Morgan fingerprint density at radius 1 is 1.14 bits per heavy atom. The van der Waals surface area contributed by atoms with Gasteiger partial charge in [-0.2, -0.15) is 0 Å². The minimum absolute atomic E-state index is 0.150. The lowest BCUT2D eigenvalue weighted by molar-refractivity contribution is -0.133. The summed E-state index contributed by atoms with van der Waals surface area (Å²) < 4.78 is 11.1. The van der Waals surface area contributed by atoms with Crippen LogP contribution in [0.4, 0.5) is 5.69 Å². The number of benzene rings is 2. The van der Waals surface area contributed by atoms with Crippen molar-refractivity contribution in [1.82, 2.24) is 4.90 Å². The molecule has 0 N–H and O–H groups in total. The average molecular weight is 397 g/mol. The lowest BCUT2D eigenvalue weighted by atomic mass is 10.1. The molecule has 2 aromatic carbocycles. The molecule has 2 aromatic rings. The van der Waals surface area contributed by atoms with Gasteiger partial charge in [0.2, 0.25) is 5.91 Å². The standard InChI is InChI=1S/C24H32N2O3/c1-25(2)21-12-9-20(10-13-21)17-26(18-23-8-5-15-29-23)24(27)14-11-19-6-4-7-22(16-19)28-3/h4,6-7,9-10,12-13,16,23H,5,8,11,14-15,17-18H2,1-3H3. The van der Waals surface area contributed by atoms with Crippen LogP contribution in [0.25, 0.3) is 0 Å². The SMILES string of the molecule is COc1cccc(CCC(=O)N(Cc2ccc(N(C)C)cc2)CC2CCCO2)c1. The van der Waals surface area contributed by atoms with Crippen LogP contribution in [-0.4, -0.2) is 51.3 Å². The van der Waals surface area contributed by atoms with Crippen LogP contribution < -0.4 is 9.64 Å². The van der Waals surface area contributed by atoms with Crippen LogP contribution in [0.1, 0.15) is 30.4 Å². The average Bonchev–Trinajstić information content (AvgIpc) is 3.25. The van der Waals surface area contributed by atoms with Crippen LogP contribution >= 0.6 is 0 Å². The van der Waals surface area contributed by atoms with Crippen molar-refractivity contribution in [1.29, 1.82) is 0 Å². The fourth-order valence-corrected chi connectivity index (χ4v) is 3.65. The Kier molecular flexibility index (Phi) is 7.53. The van der Waals surface area contributed by atoms with E-state index in [1.165, 1.54) is 0 Å². The van der Waals surface area contributed by atoms with Gasteiger partial charge in [0.1, 0.15) is 5.75 Å². The van der Waals surface area contributed by atoms with Gasteiger partial charge in [0.15, 0.2) is 0 Å². The summed E-state index contributed by atoms with van der Waals surface area (Å²) in [6.45, 7) is 2.07. The first-order valence-corrected chi connectivity index (χ1v) is 10.3. The van der Waals surface area contributed by atoms with Crippen LogP contribution in [0.2, 0.25) is 0 Å². The molecular formula is C24H32N2O3. The molecule has 1 aliphatic rings. The number of hydrogen-bond donors (Lipinski definition) is 0. The Balaban J connectivity index is 1.65. The van der Waals surface area contributed by atoms with Crippen LogP contribution in [0.3, 0.4) is 0 Å². The van der Waals surface area contributed by atoms with E-state index in [1.54, 1.807) is 7.11 Å². The van der Waals surface area contributed by atoms with Gasteiger partial charge in [-0.25, -0.2) is 0 Å². The maximum atomic E-state index is 13.1. The third kappa shape index (κ3) is 6.23. The summed E-state index contributed by atoms with van der Waals surface area (Å²) in [6, 6.07) is 16.3. The van der Waals surface area contributed by atoms with Gasteiger partial charge in [-0.15, -0.1) is 0 Å². The molecule has 0 bridgehead atoms. The number of methoxy groups -OCH3 is 1. The third-order valence-electron chi connectivity index (χ3n) is 5.39. The van der Waals surface area contributed by atoms with Gasteiger partial charge in [-0.05, 0) is 54.7 Å². The smallest absolute Gasteiger partial charge is 0.223 e. The molecule has 0 aliphatic carbocycles. The Morgan fingerprint density at radius 2 is 1.93 bits per heavy atom. The van der Waals surface area contributed by atoms with Gasteiger partial charge in [0.25, 0.3) is 0 Å². The molecule has 1 fully saturated rings. The molecule has 1 atom stereocenters. The maximum absolute atomic E-state index is 13.1. The van der Waals surface area contributed by atoms with E-state index in [1.807, 2.05) is 43.3 Å². The minimum Gasteiger partial charge on any atom is -0.497 e. The Morgan fingerprint density at radius 3 is 2.59 bits per heavy atom. The molecule has 1 heterocycles. The fraction of sp³-hybridized carbons (Fsp3) is 0.458. The molecule has 0 spiro atoms. The maximum Gasteiger partial charge on any atom is 0.223 e. The number of anilines is 1. The van der Waals surface area contributed by atoms with Gasteiger partial charge in [0.05, 0.1) is 13.2 Å². The van der Waals surface area contributed by atoms with Crippen LogP contribution in [0, 0.1) is 0 Å². The van der Waals surface area contributed by atoms with Crippen LogP contribution in [-0.2, 0) is 22.5 Å². The first kappa shape index (κ1) is 21.2. The van der Waals surface area contributed by atoms with Crippen molar-refractivity contribution in [2.45, 2.75) is 38.3 Å². The highest BCUT2D eigenvalue weighted by Crippen LogP contribution is 2.19. The number of carbonyl (C=O) groups excluding carboxylic acids is 1. The van der Waals surface area contributed by atoms with E-state index in [2.05, 4.69) is 29.2 Å². The lowest BCUT2D eigenvalue weighted by Crippen LogP contribution is -2.37. The number of amides is 1. The second-order valence-electron chi connectivity index (χ2n) is 7.82. The highest BCUT2D eigenvalue weighted by Gasteiger charge is 2.22. The molecule has 5 nitrogen and oxygen atoms in total. The second kappa shape index (κ2) is 10.3. The first-order valence-electron chi connectivity index (χ1n) is 10.3. The predicted octanol–water partition coefficient (Wildman–Crippen LogP) is 3.90. The van der Waals surface area contributed by atoms with E-state index in [0.717, 1.165) is 42.0 Å². The number of rotatable bonds is 9. The number of nitrogens with zero attached hydrogens (tertiary/aromatic N) is 2. The molecule has 5 heteroatoms. The van der Waals surface area contributed by atoms with Gasteiger partial charge in [0, 0.05) is 45.9 Å². The molecule has 0 saturated carbocycles. The molecule has 1 unspecified atom stereocenters. The van der Waals surface area contributed by atoms with Crippen molar-refractivity contribution in [2.75, 3.05) is 39.3 Å². The number of aryl methyl sites for hydroxylation is 1. The lowest BCUT2D eigenvalue weighted by Gasteiger charge is -2.26. The zero-order valence-electron chi connectivity index (χ0n) is 17.8. The molecule has 0 aromatic heterocycles. The van der Waals surface area contributed by atoms with Gasteiger partial charge < -0.3 is 19.3 Å². The summed E-state index contributed by atoms with van der Waals surface area (Å²) in [6.07, 6.45) is 3.44. The summed E-state index contributed by atoms with van der Waals surface area (Å²) >= 11 is 0. The van der Waals surface area contributed by atoms with Crippen molar-refractivity contribution in [2.24, 2.45) is 0 Å². The predicted molar refractivity (Wildman–Crippen MR) is 116 cm³/mol. The summed E-state index contributed by atoms with van der Waals surface area (Å²) in [7, 11) is 5.72. The Hall–Kier alpha value is -2.53. The van der Waals surface area contributed by atoms with E-state index in [-0.39, 0.29) is 12.0 Å². The molecule has 1 saturated heterocycles. The molecule has 1 aliphatic heterocycles. The molecular weight excluding hydrogens is 364 g/mol. The molecule has 29 heavy (non-hydrogen) atoms. The number of hydrogen-bond acceptors (Lipinski definition) is 4. The minimum atomic E-state index is 0.150. The van der Waals surface area contributed by atoms with Crippen molar-refractivity contribution < 1.29 is 14.3 Å². The van der Waals surface area contributed by atoms with Gasteiger partial charge in [-0.3, -0.25) is 4.79 Å². The van der Waals surface area contributed by atoms with Gasteiger partial charge >= 0.3 is 0 Å². The van der Waals surface area contributed by atoms with E-state index < -0.39 is 0 Å². The third-order valence-corrected chi connectivity index (χ3v) is 5.39. The van der Waals surface area contributed by atoms with E-state index in [4.69, 9.17) is 9.47 Å². The van der Waals surface area contributed by atoms with Crippen molar-refractivity contribution in [3.63, 3.8) is 0 Å². The zero-order valence-corrected chi connectivity index (χ0v) is 17.8. The monoisotopic (exact) mass is 396 g/mol. The largest absolute Gasteiger partial charge is 0.497 e. The Bertz CT molecular complexity index is 783. The second-order valence-corrected chi connectivity index (χ2v) is 7.82. The quantitative estimate of drug-likeness (QED) is 0.645. The van der Waals surface area contributed by atoms with Crippen molar-refractivity contribution in [3.8, 4) is 5.75 Å². The summed E-state index contributed by atoms with van der Waals surface area (Å²) in [5.74, 6) is 0.993. The number of carbonyl (C=O) groups is 1. The van der Waals surface area contributed by atoms with Crippen molar-refractivity contribution >= 4 is 11.6 Å². The van der Waals surface area contributed by atoms with E-state index in [0.29, 0.717) is 25.9 Å². The molecule has 1 amide bonds. The summed E-state index contributed by atoms with van der Waals surface area (Å²) in [5, 5.41) is 0. The fourth-order valence-electron chi connectivity index (χ4n) is 3.65. The van der Waals surface area contributed by atoms with E-state index in [9.17, 15) is 4.79 Å². The van der Waals surface area contributed by atoms with E-state index >= 15 is 0 Å². The summed E-state index contributed by atoms with van der Waals surface area (Å²) in [5.41, 5.74) is 3.41.